The van der Waals surface area contributed by atoms with Crippen molar-refractivity contribution >= 4 is 8.32 Å². The zero-order chi connectivity index (χ0) is 24.4. The van der Waals surface area contributed by atoms with E-state index in [1.165, 1.54) is 11.1 Å². The minimum atomic E-state index is -2.19. The number of aliphatic hydroxyl groups is 1. The molecule has 3 rings (SSSR count). The van der Waals surface area contributed by atoms with Gasteiger partial charge in [0.05, 0.1) is 33.0 Å². The fraction of sp³-hybridized carbons (Fsp3) is 0.556. The Labute approximate surface area is 200 Å². The van der Waals surface area contributed by atoms with Gasteiger partial charge in [0.25, 0.3) is 0 Å². The number of hydrogen-bond donors (Lipinski definition) is 1. The molecule has 1 aliphatic rings. The van der Waals surface area contributed by atoms with Gasteiger partial charge >= 0.3 is 0 Å². The van der Waals surface area contributed by atoms with E-state index >= 15 is 0 Å². The fourth-order valence-electron chi connectivity index (χ4n) is 4.20. The smallest absolute Gasteiger partial charge is 0.193 e. The predicted octanol–water partition coefficient (Wildman–Crippen LogP) is 5.62. The number of fused-ring (bicyclic) bond motifs is 1. The molecule has 33 heavy (non-hydrogen) atoms. The Balaban J connectivity index is 1.97. The first-order valence-electron chi connectivity index (χ1n) is 11.7. The van der Waals surface area contributed by atoms with Gasteiger partial charge in [0.2, 0.25) is 0 Å². The second-order valence-electron chi connectivity index (χ2n) is 10.5. The van der Waals surface area contributed by atoms with Crippen molar-refractivity contribution in [2.75, 3.05) is 20.8 Å². The highest BCUT2D eigenvalue weighted by molar-refractivity contribution is 6.74. The molecule has 0 fully saturated rings. The van der Waals surface area contributed by atoms with E-state index in [1.807, 2.05) is 19.1 Å². The number of benzene rings is 2. The Bertz CT molecular complexity index is 900. The summed E-state index contributed by atoms with van der Waals surface area (Å²) in [7, 11) is 1.12. The summed E-state index contributed by atoms with van der Waals surface area (Å²) in [6.07, 6.45) is 0.762. The normalized spacial score (nSPS) is 16.4. The third kappa shape index (κ3) is 5.62. The Morgan fingerprint density at radius 2 is 1.52 bits per heavy atom. The van der Waals surface area contributed by atoms with E-state index in [-0.39, 0.29) is 17.7 Å². The summed E-state index contributed by atoms with van der Waals surface area (Å²) in [6.45, 7) is 12.9. The molecule has 0 aliphatic heterocycles. The van der Waals surface area contributed by atoms with Crippen LogP contribution >= 0.6 is 0 Å². The van der Waals surface area contributed by atoms with Crippen LogP contribution in [0.15, 0.2) is 36.4 Å². The number of hydrogen-bond acceptors (Lipinski definition) is 5. The van der Waals surface area contributed by atoms with Gasteiger partial charge < -0.3 is 23.7 Å². The van der Waals surface area contributed by atoms with E-state index in [0.29, 0.717) is 0 Å². The second-order valence-corrected chi connectivity index (χ2v) is 15.3. The van der Waals surface area contributed by atoms with E-state index in [4.69, 9.17) is 18.6 Å². The van der Waals surface area contributed by atoms with E-state index in [2.05, 4.69) is 58.1 Å². The summed E-state index contributed by atoms with van der Waals surface area (Å²) in [5.74, 6) is 1.47. The lowest BCUT2D eigenvalue weighted by Crippen LogP contribution is -2.45. The van der Waals surface area contributed by atoms with Gasteiger partial charge in [-0.2, -0.15) is 0 Å². The molecule has 0 saturated heterocycles. The third-order valence-electron chi connectivity index (χ3n) is 7.23. The highest BCUT2D eigenvalue weighted by Crippen LogP contribution is 2.43. The lowest BCUT2D eigenvalue weighted by molar-refractivity contribution is -0.0916. The third-order valence-corrected chi connectivity index (χ3v) is 11.7. The van der Waals surface area contributed by atoms with Crippen LogP contribution in [0.25, 0.3) is 0 Å². The van der Waals surface area contributed by atoms with Gasteiger partial charge in [0.15, 0.2) is 8.32 Å². The summed E-state index contributed by atoms with van der Waals surface area (Å²) in [6, 6.07) is 12.4. The zero-order valence-corrected chi connectivity index (χ0v) is 22.4. The molecule has 1 aliphatic carbocycles. The van der Waals surface area contributed by atoms with Crippen LogP contribution in [0.3, 0.4) is 0 Å². The van der Waals surface area contributed by atoms with Gasteiger partial charge in [-0.15, -0.1) is 0 Å². The predicted molar refractivity (Wildman–Crippen MR) is 135 cm³/mol. The standard InChI is InChI=1S/C27H40O5Si/c1-18-23(29-5)15-21(16-24(18)30-6)26(32-33(7,8)27(2,3)4)25(17-28)31-22-13-19-11-9-10-12-20(19)14-22/h9-12,15-16,22,25-26,28H,13-14,17H2,1-8H3/t25-,26+/m0/s1. The van der Waals surface area contributed by atoms with Gasteiger partial charge in [-0.05, 0) is 66.7 Å². The first kappa shape index (κ1) is 25.8. The minimum absolute atomic E-state index is 0.00766. The molecule has 2 atom stereocenters. The highest BCUT2D eigenvalue weighted by Gasteiger charge is 2.42. The maximum Gasteiger partial charge on any atom is 0.193 e. The van der Waals surface area contributed by atoms with Crippen LogP contribution in [-0.2, 0) is 22.0 Å². The van der Waals surface area contributed by atoms with Crippen molar-refractivity contribution in [1.29, 1.82) is 0 Å². The number of methoxy groups -OCH3 is 2. The summed E-state index contributed by atoms with van der Waals surface area (Å²) >= 11 is 0. The maximum atomic E-state index is 10.5. The van der Waals surface area contributed by atoms with E-state index in [9.17, 15) is 5.11 Å². The van der Waals surface area contributed by atoms with Crippen LogP contribution < -0.4 is 9.47 Å². The molecule has 6 heteroatoms. The largest absolute Gasteiger partial charge is 0.496 e. The maximum absolute atomic E-state index is 10.5. The van der Waals surface area contributed by atoms with E-state index in [1.54, 1.807) is 14.2 Å². The zero-order valence-electron chi connectivity index (χ0n) is 21.4. The van der Waals surface area contributed by atoms with Gasteiger partial charge in [-0.25, -0.2) is 0 Å². The van der Waals surface area contributed by atoms with E-state index in [0.717, 1.165) is 35.5 Å². The molecule has 0 saturated carbocycles. The summed E-state index contributed by atoms with van der Waals surface area (Å²) in [4.78, 5) is 0. The second kappa shape index (κ2) is 10.2. The molecule has 0 heterocycles. The van der Waals surface area contributed by atoms with Crippen LogP contribution in [0, 0.1) is 6.92 Å². The van der Waals surface area contributed by atoms with Crippen molar-refractivity contribution in [3.05, 3.63) is 58.7 Å². The Hall–Kier alpha value is -1.86. The summed E-state index contributed by atoms with van der Waals surface area (Å²) in [5.41, 5.74) is 4.47. The molecule has 0 unspecified atom stereocenters. The molecule has 0 amide bonds. The fourth-order valence-corrected chi connectivity index (χ4v) is 5.47. The molecule has 0 spiro atoms. The molecule has 1 N–H and O–H groups in total. The molecule has 2 aromatic carbocycles. The van der Waals surface area contributed by atoms with Crippen LogP contribution in [0.1, 0.15) is 49.1 Å². The Morgan fingerprint density at radius 3 is 1.94 bits per heavy atom. The molecule has 0 radical (unpaired) electrons. The van der Waals surface area contributed by atoms with Crippen molar-refractivity contribution in [2.45, 2.75) is 77.0 Å². The monoisotopic (exact) mass is 472 g/mol. The summed E-state index contributed by atoms with van der Waals surface area (Å²) in [5, 5.41) is 10.5. The van der Waals surface area contributed by atoms with E-state index < -0.39 is 20.5 Å². The first-order chi connectivity index (χ1) is 15.5. The minimum Gasteiger partial charge on any atom is -0.496 e. The number of rotatable bonds is 9. The summed E-state index contributed by atoms with van der Waals surface area (Å²) < 4.78 is 24.7. The highest BCUT2D eigenvalue weighted by atomic mass is 28.4. The van der Waals surface area contributed by atoms with Gasteiger partial charge in [0, 0.05) is 5.56 Å². The molecule has 182 valence electrons. The van der Waals surface area contributed by atoms with Crippen molar-refractivity contribution < 1.29 is 23.7 Å². The number of ether oxygens (including phenoxy) is 3. The molecule has 5 nitrogen and oxygen atoms in total. The molecule has 0 bridgehead atoms. The van der Waals surface area contributed by atoms with Crippen molar-refractivity contribution in [3.8, 4) is 11.5 Å². The molecule has 0 aromatic heterocycles. The average molecular weight is 473 g/mol. The van der Waals surface area contributed by atoms with Gasteiger partial charge in [0.1, 0.15) is 17.6 Å². The van der Waals surface area contributed by atoms with Gasteiger partial charge in [-0.1, -0.05) is 45.0 Å². The SMILES string of the molecule is COc1cc([C@@H](O[Si](C)(C)C(C)(C)C)[C@H](CO)OC2Cc3ccccc3C2)cc(OC)c1C. The van der Waals surface area contributed by atoms with Gasteiger partial charge in [-0.3, -0.25) is 0 Å². The Kier molecular flexibility index (Phi) is 7.94. The lowest BCUT2D eigenvalue weighted by atomic mass is 10.0. The van der Waals surface area contributed by atoms with Crippen molar-refractivity contribution in [3.63, 3.8) is 0 Å². The number of aliphatic hydroxyl groups excluding tert-OH is 1. The molecular weight excluding hydrogens is 432 g/mol. The lowest BCUT2D eigenvalue weighted by Gasteiger charge is -2.41. The average Bonchev–Trinajstić information content (AvgIpc) is 3.18. The Morgan fingerprint density at radius 1 is 1.00 bits per heavy atom. The van der Waals surface area contributed by atoms with Crippen molar-refractivity contribution in [2.24, 2.45) is 0 Å². The van der Waals surface area contributed by atoms with Crippen LogP contribution in [-0.4, -0.2) is 46.5 Å². The van der Waals surface area contributed by atoms with Crippen molar-refractivity contribution in [1.82, 2.24) is 0 Å². The quantitative estimate of drug-likeness (QED) is 0.480. The molecule has 2 aromatic rings. The molecular formula is C27H40O5Si. The van der Waals surface area contributed by atoms with Crippen LogP contribution in [0.4, 0.5) is 0 Å². The topological polar surface area (TPSA) is 57.2 Å². The van der Waals surface area contributed by atoms with Crippen LogP contribution in [0.2, 0.25) is 18.1 Å². The first-order valence-corrected chi connectivity index (χ1v) is 14.6. The van der Waals surface area contributed by atoms with Crippen LogP contribution in [0.5, 0.6) is 11.5 Å².